The van der Waals surface area contributed by atoms with E-state index < -0.39 is 0 Å². The first kappa shape index (κ1) is 8.58. The Bertz CT molecular complexity index is 337. The molecule has 0 atom stereocenters. The van der Waals surface area contributed by atoms with Gasteiger partial charge in [0, 0.05) is 12.6 Å². The Kier molecular flexibility index (Phi) is 2.32. The first-order valence-electron chi connectivity index (χ1n) is 3.62. The molecule has 0 aliphatic heterocycles. The molecule has 12 heavy (non-hydrogen) atoms. The van der Waals surface area contributed by atoms with Crippen LogP contribution < -0.4 is 10.9 Å². The lowest BCUT2D eigenvalue weighted by Gasteiger charge is -1.97. The predicted octanol–water partition coefficient (Wildman–Crippen LogP) is -0.352. The molecule has 0 saturated heterocycles. The fourth-order valence-corrected chi connectivity index (χ4v) is 0.897. The molecule has 1 rings (SSSR count). The zero-order valence-corrected chi connectivity index (χ0v) is 7.02. The molecule has 1 aromatic rings. The number of carbonyl (C=O) groups is 1. The standard InChI is InChI=1S/C7H11N3O2/c1-4-6(3-8-5(2)11)7(12)10-9-4/h3H2,1-2H3,(H,8,11)(H2,9,10,12). The Morgan fingerprint density at radius 1 is 1.50 bits per heavy atom. The van der Waals surface area contributed by atoms with E-state index in [1.807, 2.05) is 0 Å². The maximum absolute atomic E-state index is 11.0. The lowest BCUT2D eigenvalue weighted by Crippen LogP contribution is -2.22. The number of rotatable bonds is 2. The molecule has 0 aliphatic carbocycles. The van der Waals surface area contributed by atoms with Crippen molar-refractivity contribution in [1.29, 1.82) is 0 Å². The second kappa shape index (κ2) is 3.25. The first-order chi connectivity index (χ1) is 5.61. The van der Waals surface area contributed by atoms with Crippen molar-refractivity contribution in [2.24, 2.45) is 0 Å². The van der Waals surface area contributed by atoms with E-state index >= 15 is 0 Å². The molecule has 0 spiro atoms. The fourth-order valence-electron chi connectivity index (χ4n) is 0.897. The summed E-state index contributed by atoms with van der Waals surface area (Å²) in [5.74, 6) is -0.144. The van der Waals surface area contributed by atoms with Crippen molar-refractivity contribution in [3.05, 3.63) is 21.6 Å². The number of aromatic nitrogens is 2. The molecule has 0 saturated carbocycles. The lowest BCUT2D eigenvalue weighted by atomic mass is 10.2. The quantitative estimate of drug-likeness (QED) is 0.565. The topological polar surface area (TPSA) is 77.8 Å². The van der Waals surface area contributed by atoms with Crippen molar-refractivity contribution in [1.82, 2.24) is 15.5 Å². The Hall–Kier alpha value is -1.52. The minimum absolute atomic E-state index is 0.144. The van der Waals surface area contributed by atoms with E-state index in [2.05, 4.69) is 15.5 Å². The highest BCUT2D eigenvalue weighted by atomic mass is 16.1. The molecule has 5 heteroatoms. The molecule has 1 heterocycles. The van der Waals surface area contributed by atoms with E-state index in [0.29, 0.717) is 5.56 Å². The van der Waals surface area contributed by atoms with Gasteiger partial charge in [0.05, 0.1) is 12.1 Å². The molecule has 0 radical (unpaired) electrons. The van der Waals surface area contributed by atoms with E-state index in [0.717, 1.165) is 5.69 Å². The van der Waals surface area contributed by atoms with Crippen LogP contribution >= 0.6 is 0 Å². The summed E-state index contributed by atoms with van der Waals surface area (Å²) in [5.41, 5.74) is 1.15. The third-order valence-corrected chi connectivity index (χ3v) is 1.60. The maximum atomic E-state index is 11.0. The average molecular weight is 169 g/mol. The molecule has 0 unspecified atom stereocenters. The summed E-state index contributed by atoms with van der Waals surface area (Å²) in [5, 5.41) is 7.65. The van der Waals surface area contributed by atoms with Crippen LogP contribution in [0, 0.1) is 6.92 Å². The highest BCUT2D eigenvalue weighted by molar-refractivity contribution is 5.72. The van der Waals surface area contributed by atoms with Gasteiger partial charge in [0.25, 0.3) is 5.56 Å². The van der Waals surface area contributed by atoms with Gasteiger partial charge in [-0.25, -0.2) is 0 Å². The Labute approximate surface area is 69.2 Å². The highest BCUT2D eigenvalue weighted by Gasteiger charge is 2.05. The number of hydrogen-bond donors (Lipinski definition) is 3. The summed E-state index contributed by atoms with van der Waals surface area (Å²) in [7, 11) is 0. The van der Waals surface area contributed by atoms with Gasteiger partial charge in [0.15, 0.2) is 0 Å². The zero-order chi connectivity index (χ0) is 9.14. The van der Waals surface area contributed by atoms with Crippen LogP contribution in [0.3, 0.4) is 0 Å². The molecule has 0 aromatic carbocycles. The summed E-state index contributed by atoms with van der Waals surface area (Å²) in [6, 6.07) is 0. The van der Waals surface area contributed by atoms with Gasteiger partial charge in [-0.2, -0.15) is 0 Å². The molecule has 0 bridgehead atoms. The minimum atomic E-state index is -0.179. The third-order valence-electron chi connectivity index (χ3n) is 1.60. The van der Waals surface area contributed by atoms with E-state index in [1.165, 1.54) is 6.92 Å². The van der Waals surface area contributed by atoms with Gasteiger partial charge in [0.1, 0.15) is 0 Å². The smallest absolute Gasteiger partial charge is 0.269 e. The van der Waals surface area contributed by atoms with Crippen molar-refractivity contribution in [2.75, 3.05) is 0 Å². The number of carbonyl (C=O) groups excluding carboxylic acids is 1. The SMILES string of the molecule is CC(=O)NCc1c(C)[nH][nH]c1=O. The number of aromatic amines is 2. The van der Waals surface area contributed by atoms with E-state index in [9.17, 15) is 9.59 Å². The van der Waals surface area contributed by atoms with Crippen LogP contribution in [0.4, 0.5) is 0 Å². The summed E-state index contributed by atoms with van der Waals surface area (Å²) >= 11 is 0. The number of hydrogen-bond acceptors (Lipinski definition) is 2. The van der Waals surface area contributed by atoms with Crippen molar-refractivity contribution < 1.29 is 4.79 Å². The Morgan fingerprint density at radius 2 is 2.17 bits per heavy atom. The summed E-state index contributed by atoms with van der Waals surface area (Å²) in [6.07, 6.45) is 0. The molecule has 1 amide bonds. The Balaban J connectivity index is 2.75. The molecule has 1 aromatic heterocycles. The van der Waals surface area contributed by atoms with Gasteiger partial charge in [-0.15, -0.1) is 0 Å². The maximum Gasteiger partial charge on any atom is 0.269 e. The molecular weight excluding hydrogens is 158 g/mol. The van der Waals surface area contributed by atoms with E-state index in [-0.39, 0.29) is 18.0 Å². The average Bonchev–Trinajstić information content (AvgIpc) is 2.28. The minimum Gasteiger partial charge on any atom is -0.352 e. The van der Waals surface area contributed by atoms with Gasteiger partial charge in [0.2, 0.25) is 5.91 Å². The van der Waals surface area contributed by atoms with Crippen molar-refractivity contribution in [2.45, 2.75) is 20.4 Å². The van der Waals surface area contributed by atoms with Crippen LogP contribution in [0.2, 0.25) is 0 Å². The van der Waals surface area contributed by atoms with Crippen LogP contribution in [0.1, 0.15) is 18.2 Å². The second-order valence-electron chi connectivity index (χ2n) is 2.59. The van der Waals surface area contributed by atoms with Gasteiger partial charge in [-0.3, -0.25) is 14.7 Å². The summed E-state index contributed by atoms with van der Waals surface area (Å²) in [6.45, 7) is 3.46. The van der Waals surface area contributed by atoms with Gasteiger partial charge in [-0.1, -0.05) is 0 Å². The van der Waals surface area contributed by atoms with Crippen LogP contribution in [0.15, 0.2) is 4.79 Å². The van der Waals surface area contributed by atoms with Crippen molar-refractivity contribution in [3.63, 3.8) is 0 Å². The first-order valence-corrected chi connectivity index (χ1v) is 3.62. The number of amides is 1. The van der Waals surface area contributed by atoms with Crippen LogP contribution in [0.25, 0.3) is 0 Å². The number of H-pyrrole nitrogens is 2. The van der Waals surface area contributed by atoms with Crippen LogP contribution in [-0.2, 0) is 11.3 Å². The van der Waals surface area contributed by atoms with Crippen molar-refractivity contribution >= 4 is 5.91 Å². The zero-order valence-electron chi connectivity index (χ0n) is 7.02. The second-order valence-corrected chi connectivity index (χ2v) is 2.59. The number of nitrogens with one attached hydrogen (secondary N) is 3. The van der Waals surface area contributed by atoms with Crippen LogP contribution in [0.5, 0.6) is 0 Å². The largest absolute Gasteiger partial charge is 0.352 e. The van der Waals surface area contributed by atoms with Gasteiger partial charge in [-0.05, 0) is 6.92 Å². The third kappa shape index (κ3) is 1.75. The summed E-state index contributed by atoms with van der Waals surface area (Å²) < 4.78 is 0. The molecule has 0 fully saturated rings. The van der Waals surface area contributed by atoms with Crippen molar-refractivity contribution in [3.8, 4) is 0 Å². The molecule has 3 N–H and O–H groups in total. The molecule has 0 aliphatic rings. The van der Waals surface area contributed by atoms with Gasteiger partial charge < -0.3 is 10.4 Å². The molecule has 66 valence electrons. The van der Waals surface area contributed by atoms with E-state index in [4.69, 9.17) is 0 Å². The molecular formula is C7H11N3O2. The highest BCUT2D eigenvalue weighted by Crippen LogP contribution is 1.94. The summed E-state index contributed by atoms with van der Waals surface area (Å²) in [4.78, 5) is 21.5. The monoisotopic (exact) mass is 169 g/mol. The van der Waals surface area contributed by atoms with E-state index in [1.54, 1.807) is 6.92 Å². The predicted molar refractivity (Wildman–Crippen MR) is 43.7 cm³/mol. The lowest BCUT2D eigenvalue weighted by molar-refractivity contribution is -0.119. The Morgan fingerprint density at radius 3 is 2.58 bits per heavy atom. The normalized spacial score (nSPS) is 9.83. The fraction of sp³-hybridized carbons (Fsp3) is 0.429. The van der Waals surface area contributed by atoms with Gasteiger partial charge >= 0.3 is 0 Å². The van der Waals surface area contributed by atoms with Crippen LogP contribution in [-0.4, -0.2) is 16.1 Å². The molecule has 5 nitrogen and oxygen atoms in total. The number of aryl methyl sites for hydroxylation is 1.